The molecular formula is C17H32N2O2. The molecule has 1 aliphatic rings. The summed E-state index contributed by atoms with van der Waals surface area (Å²) in [6.45, 7) is 4.78. The van der Waals surface area contributed by atoms with Crippen LogP contribution < -0.4 is 5.32 Å². The minimum absolute atomic E-state index is 0.0369. The highest BCUT2D eigenvalue weighted by atomic mass is 16.2. The molecule has 4 nitrogen and oxygen atoms in total. The van der Waals surface area contributed by atoms with Crippen LogP contribution in [0.15, 0.2) is 0 Å². The van der Waals surface area contributed by atoms with E-state index in [-0.39, 0.29) is 17.9 Å². The van der Waals surface area contributed by atoms with E-state index in [1.54, 1.807) is 18.9 Å². The standard InChI is InChI=1S/C17H32N2O2/c1-14-10-8-6-4-5-7-9-11-16(20)19(3)15(2)17(21)18-13-12-14/h14-15H,4-13H2,1-3H3,(H,18,21). The van der Waals surface area contributed by atoms with Gasteiger partial charge in [-0.3, -0.25) is 9.59 Å². The Morgan fingerprint density at radius 1 is 0.952 bits per heavy atom. The van der Waals surface area contributed by atoms with Crippen LogP contribution in [0, 0.1) is 5.92 Å². The van der Waals surface area contributed by atoms with Crippen LogP contribution >= 0.6 is 0 Å². The zero-order valence-electron chi connectivity index (χ0n) is 14.0. The first kappa shape index (κ1) is 18.0. The minimum atomic E-state index is -0.374. The smallest absolute Gasteiger partial charge is 0.242 e. The summed E-state index contributed by atoms with van der Waals surface area (Å²) in [6.07, 6.45) is 9.98. The molecule has 1 rings (SSSR count). The molecule has 2 atom stereocenters. The molecule has 122 valence electrons. The zero-order valence-corrected chi connectivity index (χ0v) is 14.0. The molecule has 0 aromatic carbocycles. The number of carbonyl (C=O) groups is 2. The predicted molar refractivity (Wildman–Crippen MR) is 86.0 cm³/mol. The third kappa shape index (κ3) is 6.96. The molecule has 0 aliphatic carbocycles. The van der Waals surface area contributed by atoms with Crippen molar-refractivity contribution in [3.8, 4) is 0 Å². The Morgan fingerprint density at radius 2 is 1.57 bits per heavy atom. The summed E-state index contributed by atoms with van der Waals surface area (Å²) >= 11 is 0. The van der Waals surface area contributed by atoms with Gasteiger partial charge in [-0.15, -0.1) is 0 Å². The van der Waals surface area contributed by atoms with Gasteiger partial charge in [0.15, 0.2) is 0 Å². The summed E-state index contributed by atoms with van der Waals surface area (Å²) in [7, 11) is 1.73. The number of nitrogens with zero attached hydrogens (tertiary/aromatic N) is 1. The highest BCUT2D eigenvalue weighted by Gasteiger charge is 2.21. The fourth-order valence-electron chi connectivity index (χ4n) is 2.78. The summed E-state index contributed by atoms with van der Waals surface area (Å²) < 4.78 is 0. The van der Waals surface area contributed by atoms with Crippen molar-refractivity contribution in [3.05, 3.63) is 0 Å². The van der Waals surface area contributed by atoms with Crippen molar-refractivity contribution < 1.29 is 9.59 Å². The van der Waals surface area contributed by atoms with E-state index in [1.807, 2.05) is 0 Å². The van der Waals surface area contributed by atoms with Crippen molar-refractivity contribution in [1.29, 1.82) is 0 Å². The number of hydrogen-bond donors (Lipinski definition) is 1. The van der Waals surface area contributed by atoms with Gasteiger partial charge < -0.3 is 10.2 Å². The maximum absolute atomic E-state index is 12.1. The molecule has 21 heavy (non-hydrogen) atoms. The molecule has 0 spiro atoms. The lowest BCUT2D eigenvalue weighted by molar-refractivity contribution is -0.138. The van der Waals surface area contributed by atoms with E-state index >= 15 is 0 Å². The minimum Gasteiger partial charge on any atom is -0.354 e. The van der Waals surface area contributed by atoms with Gasteiger partial charge in [0.25, 0.3) is 0 Å². The molecule has 1 aliphatic heterocycles. The number of amides is 2. The van der Waals surface area contributed by atoms with E-state index in [0.717, 1.165) is 19.3 Å². The van der Waals surface area contributed by atoms with Crippen LogP contribution in [0.2, 0.25) is 0 Å². The van der Waals surface area contributed by atoms with Crippen LogP contribution in [0.5, 0.6) is 0 Å². The Kier molecular flexibility index (Phi) is 8.40. The molecule has 0 saturated carbocycles. The number of hydrogen-bond acceptors (Lipinski definition) is 2. The molecule has 2 unspecified atom stereocenters. The summed E-state index contributed by atoms with van der Waals surface area (Å²) in [5.41, 5.74) is 0. The third-order valence-electron chi connectivity index (χ3n) is 4.63. The molecule has 0 radical (unpaired) electrons. The normalized spacial score (nSPS) is 28.2. The van der Waals surface area contributed by atoms with Crippen molar-refractivity contribution in [2.45, 2.75) is 77.7 Å². The van der Waals surface area contributed by atoms with Crippen LogP contribution in [0.25, 0.3) is 0 Å². The maximum Gasteiger partial charge on any atom is 0.242 e. The highest BCUT2D eigenvalue weighted by molar-refractivity contribution is 5.87. The topological polar surface area (TPSA) is 49.4 Å². The maximum atomic E-state index is 12.1. The molecule has 2 amide bonds. The second-order valence-electron chi connectivity index (χ2n) is 6.53. The Hall–Kier alpha value is -1.06. The lowest BCUT2D eigenvalue weighted by Crippen LogP contribution is -2.46. The molecule has 0 bridgehead atoms. The first-order valence-electron chi connectivity index (χ1n) is 8.55. The molecule has 1 N–H and O–H groups in total. The first-order valence-corrected chi connectivity index (χ1v) is 8.55. The van der Waals surface area contributed by atoms with E-state index in [1.165, 1.54) is 32.1 Å². The summed E-state index contributed by atoms with van der Waals surface area (Å²) in [6, 6.07) is -0.374. The van der Waals surface area contributed by atoms with Gasteiger partial charge in [0.1, 0.15) is 6.04 Å². The lowest BCUT2D eigenvalue weighted by Gasteiger charge is -2.24. The Labute approximate surface area is 129 Å². The summed E-state index contributed by atoms with van der Waals surface area (Å²) in [4.78, 5) is 25.7. The zero-order chi connectivity index (χ0) is 15.7. The van der Waals surface area contributed by atoms with Crippen LogP contribution in [0.4, 0.5) is 0 Å². The van der Waals surface area contributed by atoms with Crippen molar-refractivity contribution in [2.24, 2.45) is 5.92 Å². The van der Waals surface area contributed by atoms with E-state index in [2.05, 4.69) is 12.2 Å². The van der Waals surface area contributed by atoms with Crippen molar-refractivity contribution in [3.63, 3.8) is 0 Å². The van der Waals surface area contributed by atoms with Gasteiger partial charge in [0.05, 0.1) is 0 Å². The Morgan fingerprint density at radius 3 is 2.29 bits per heavy atom. The second-order valence-corrected chi connectivity index (χ2v) is 6.53. The van der Waals surface area contributed by atoms with Gasteiger partial charge in [0, 0.05) is 20.0 Å². The van der Waals surface area contributed by atoms with E-state index in [0.29, 0.717) is 18.9 Å². The van der Waals surface area contributed by atoms with Crippen LogP contribution in [0.3, 0.4) is 0 Å². The molecule has 0 aromatic rings. The monoisotopic (exact) mass is 296 g/mol. The van der Waals surface area contributed by atoms with Gasteiger partial charge in [0.2, 0.25) is 11.8 Å². The van der Waals surface area contributed by atoms with Crippen LogP contribution in [0.1, 0.15) is 71.6 Å². The fraction of sp³-hybridized carbons (Fsp3) is 0.882. The highest BCUT2D eigenvalue weighted by Crippen LogP contribution is 2.15. The number of likely N-dealkylation sites (N-methyl/N-ethyl adjacent to an activating group) is 1. The molecule has 1 fully saturated rings. The number of carbonyl (C=O) groups excluding carboxylic acids is 2. The van der Waals surface area contributed by atoms with Crippen LogP contribution in [-0.2, 0) is 9.59 Å². The molecule has 1 saturated heterocycles. The average molecular weight is 296 g/mol. The van der Waals surface area contributed by atoms with E-state index in [9.17, 15) is 9.59 Å². The summed E-state index contributed by atoms with van der Waals surface area (Å²) in [5, 5.41) is 2.96. The lowest BCUT2D eigenvalue weighted by atomic mass is 9.98. The third-order valence-corrected chi connectivity index (χ3v) is 4.63. The fourth-order valence-corrected chi connectivity index (χ4v) is 2.78. The molecule has 1 heterocycles. The van der Waals surface area contributed by atoms with Gasteiger partial charge >= 0.3 is 0 Å². The Bertz CT molecular complexity index is 331. The SMILES string of the molecule is CC1CCCCCCCCC(=O)N(C)C(C)C(=O)NCC1. The average Bonchev–Trinajstić information content (AvgIpc) is 2.47. The van der Waals surface area contributed by atoms with Crippen molar-refractivity contribution in [2.75, 3.05) is 13.6 Å². The molecular weight excluding hydrogens is 264 g/mol. The largest absolute Gasteiger partial charge is 0.354 e. The molecule has 4 heteroatoms. The van der Waals surface area contributed by atoms with E-state index in [4.69, 9.17) is 0 Å². The van der Waals surface area contributed by atoms with Gasteiger partial charge in [-0.2, -0.15) is 0 Å². The first-order chi connectivity index (χ1) is 10.0. The van der Waals surface area contributed by atoms with Crippen molar-refractivity contribution >= 4 is 11.8 Å². The van der Waals surface area contributed by atoms with Gasteiger partial charge in [-0.05, 0) is 25.7 Å². The predicted octanol–water partition coefficient (Wildman–Crippen LogP) is 3.11. The van der Waals surface area contributed by atoms with E-state index < -0.39 is 0 Å². The van der Waals surface area contributed by atoms with Crippen LogP contribution in [-0.4, -0.2) is 36.3 Å². The summed E-state index contributed by atoms with van der Waals surface area (Å²) in [5.74, 6) is 0.705. The number of nitrogens with one attached hydrogen (secondary N) is 1. The van der Waals surface area contributed by atoms with Gasteiger partial charge in [-0.25, -0.2) is 0 Å². The number of rotatable bonds is 0. The van der Waals surface area contributed by atoms with Gasteiger partial charge in [-0.1, -0.05) is 45.4 Å². The quantitative estimate of drug-likeness (QED) is 0.746. The van der Waals surface area contributed by atoms with Crippen molar-refractivity contribution in [1.82, 2.24) is 10.2 Å². The Balaban J connectivity index is 2.52. The molecule has 0 aromatic heterocycles. The second kappa shape index (κ2) is 9.80.